The lowest BCUT2D eigenvalue weighted by atomic mass is 10.0. The molecule has 1 saturated heterocycles. The van der Waals surface area contributed by atoms with Gasteiger partial charge in [-0.25, -0.2) is 0 Å². The Balaban J connectivity index is 1.67. The molecule has 0 saturated carbocycles. The zero-order valence-corrected chi connectivity index (χ0v) is 11.8. The van der Waals surface area contributed by atoms with Crippen molar-refractivity contribution >= 4 is 23.4 Å². The number of amides is 3. The SMILES string of the molecule is O=C1CCC(N2Cc3c(ccc4c3OCCN4)C2=O)C(=O)N1. The van der Waals surface area contributed by atoms with Crippen LogP contribution < -0.4 is 15.4 Å². The van der Waals surface area contributed by atoms with Crippen LogP contribution in [0, 0.1) is 0 Å². The molecule has 0 spiro atoms. The minimum absolute atomic E-state index is 0.179. The maximum Gasteiger partial charge on any atom is 0.255 e. The van der Waals surface area contributed by atoms with Crippen LogP contribution in [0.25, 0.3) is 0 Å². The van der Waals surface area contributed by atoms with Crippen molar-refractivity contribution < 1.29 is 19.1 Å². The van der Waals surface area contributed by atoms with E-state index in [1.807, 2.05) is 6.07 Å². The average molecular weight is 301 g/mol. The number of imide groups is 1. The molecular formula is C15H15N3O4. The lowest BCUT2D eigenvalue weighted by Crippen LogP contribution is -2.52. The molecular weight excluding hydrogens is 286 g/mol. The van der Waals surface area contributed by atoms with E-state index in [1.165, 1.54) is 4.90 Å². The smallest absolute Gasteiger partial charge is 0.255 e. The summed E-state index contributed by atoms with van der Waals surface area (Å²) < 4.78 is 5.70. The van der Waals surface area contributed by atoms with Crippen LogP contribution in [0.5, 0.6) is 5.75 Å². The molecule has 1 unspecified atom stereocenters. The molecule has 1 aromatic carbocycles. The Bertz CT molecular complexity index is 700. The van der Waals surface area contributed by atoms with Gasteiger partial charge in [0, 0.05) is 24.1 Å². The Morgan fingerprint density at radius 1 is 1.23 bits per heavy atom. The van der Waals surface area contributed by atoms with Crippen molar-refractivity contribution in [1.82, 2.24) is 10.2 Å². The first-order valence-corrected chi connectivity index (χ1v) is 7.32. The van der Waals surface area contributed by atoms with Crippen molar-refractivity contribution in [1.29, 1.82) is 0 Å². The van der Waals surface area contributed by atoms with Crippen LogP contribution >= 0.6 is 0 Å². The minimum Gasteiger partial charge on any atom is -0.489 e. The number of ether oxygens (including phenoxy) is 1. The van der Waals surface area contributed by atoms with Gasteiger partial charge in [0.25, 0.3) is 5.91 Å². The molecule has 7 heteroatoms. The molecule has 3 aliphatic heterocycles. The lowest BCUT2D eigenvalue weighted by Gasteiger charge is -2.29. The summed E-state index contributed by atoms with van der Waals surface area (Å²) in [6.45, 7) is 1.62. The highest BCUT2D eigenvalue weighted by Crippen LogP contribution is 2.39. The summed E-state index contributed by atoms with van der Waals surface area (Å²) in [5.41, 5.74) is 2.27. The Hall–Kier alpha value is -2.57. The van der Waals surface area contributed by atoms with Crippen molar-refractivity contribution in [3.63, 3.8) is 0 Å². The van der Waals surface area contributed by atoms with Crippen molar-refractivity contribution in [2.45, 2.75) is 25.4 Å². The highest BCUT2D eigenvalue weighted by Gasteiger charge is 2.40. The number of nitrogens with one attached hydrogen (secondary N) is 2. The van der Waals surface area contributed by atoms with Gasteiger partial charge in [0.05, 0.1) is 12.2 Å². The van der Waals surface area contributed by atoms with Crippen LogP contribution in [0.3, 0.4) is 0 Å². The lowest BCUT2D eigenvalue weighted by molar-refractivity contribution is -0.136. The van der Waals surface area contributed by atoms with Crippen LogP contribution in [0.4, 0.5) is 5.69 Å². The predicted octanol–water partition coefficient (Wildman–Crippen LogP) is 0.252. The topological polar surface area (TPSA) is 87.7 Å². The Kier molecular flexibility index (Phi) is 2.82. The number of fused-ring (bicyclic) bond motifs is 3. The van der Waals surface area contributed by atoms with E-state index in [1.54, 1.807) is 6.07 Å². The molecule has 0 radical (unpaired) electrons. The van der Waals surface area contributed by atoms with Crippen molar-refractivity contribution in [2.75, 3.05) is 18.5 Å². The molecule has 2 N–H and O–H groups in total. The van der Waals surface area contributed by atoms with Gasteiger partial charge in [0.2, 0.25) is 11.8 Å². The van der Waals surface area contributed by atoms with E-state index in [4.69, 9.17) is 4.74 Å². The number of piperidine rings is 1. The molecule has 114 valence electrons. The number of nitrogens with zero attached hydrogens (tertiary/aromatic N) is 1. The van der Waals surface area contributed by atoms with Crippen LogP contribution in [-0.4, -0.2) is 41.8 Å². The fraction of sp³-hybridized carbons (Fsp3) is 0.400. The second-order valence-corrected chi connectivity index (χ2v) is 5.64. The van der Waals surface area contributed by atoms with Crippen LogP contribution in [-0.2, 0) is 16.1 Å². The summed E-state index contributed by atoms with van der Waals surface area (Å²) in [6.07, 6.45) is 0.623. The maximum absolute atomic E-state index is 12.6. The van der Waals surface area contributed by atoms with E-state index in [9.17, 15) is 14.4 Å². The molecule has 1 fully saturated rings. The summed E-state index contributed by atoms with van der Waals surface area (Å²) >= 11 is 0. The maximum atomic E-state index is 12.6. The number of hydrogen-bond acceptors (Lipinski definition) is 5. The van der Waals surface area contributed by atoms with Gasteiger partial charge < -0.3 is 15.0 Å². The second-order valence-electron chi connectivity index (χ2n) is 5.64. The number of hydrogen-bond donors (Lipinski definition) is 2. The minimum atomic E-state index is -0.593. The molecule has 1 aromatic rings. The number of rotatable bonds is 1. The highest BCUT2D eigenvalue weighted by atomic mass is 16.5. The summed E-state index contributed by atoms with van der Waals surface area (Å²) in [7, 11) is 0. The van der Waals surface area contributed by atoms with Crippen LogP contribution in [0.1, 0.15) is 28.8 Å². The number of carbonyl (C=O) groups excluding carboxylic acids is 3. The molecule has 0 aromatic heterocycles. The predicted molar refractivity (Wildman–Crippen MR) is 76.5 cm³/mol. The van der Waals surface area contributed by atoms with Gasteiger partial charge >= 0.3 is 0 Å². The zero-order valence-electron chi connectivity index (χ0n) is 11.8. The molecule has 7 nitrogen and oxygen atoms in total. The number of benzene rings is 1. The molecule has 3 aliphatic rings. The zero-order chi connectivity index (χ0) is 15.3. The standard InChI is InChI=1S/C15H15N3O4/c19-12-4-3-11(14(20)17-12)18-7-9-8(15(18)21)1-2-10-13(9)22-6-5-16-10/h1-2,11,16H,3-7H2,(H,17,19,20). The highest BCUT2D eigenvalue weighted by molar-refractivity contribution is 6.06. The fourth-order valence-electron chi connectivity index (χ4n) is 3.26. The van der Waals surface area contributed by atoms with Crippen molar-refractivity contribution in [3.8, 4) is 5.75 Å². The summed E-state index contributed by atoms with van der Waals surface area (Å²) in [5, 5.41) is 5.54. The van der Waals surface area contributed by atoms with Crippen LogP contribution in [0.15, 0.2) is 12.1 Å². The third-order valence-electron chi connectivity index (χ3n) is 4.33. The van der Waals surface area contributed by atoms with E-state index in [0.717, 1.165) is 17.8 Å². The van der Waals surface area contributed by atoms with Crippen molar-refractivity contribution in [2.24, 2.45) is 0 Å². The molecule has 0 aliphatic carbocycles. The van der Waals surface area contributed by atoms with Gasteiger partial charge in [-0.3, -0.25) is 19.7 Å². The van der Waals surface area contributed by atoms with E-state index in [0.29, 0.717) is 30.9 Å². The van der Waals surface area contributed by atoms with Gasteiger partial charge in [0.15, 0.2) is 0 Å². The molecule has 22 heavy (non-hydrogen) atoms. The van der Waals surface area contributed by atoms with Crippen molar-refractivity contribution in [3.05, 3.63) is 23.3 Å². The monoisotopic (exact) mass is 301 g/mol. The largest absolute Gasteiger partial charge is 0.489 e. The van der Waals surface area contributed by atoms with E-state index >= 15 is 0 Å². The molecule has 0 bridgehead atoms. The third kappa shape index (κ3) is 1.85. The van der Waals surface area contributed by atoms with E-state index in [2.05, 4.69) is 10.6 Å². The van der Waals surface area contributed by atoms with Gasteiger partial charge in [-0.2, -0.15) is 0 Å². The van der Waals surface area contributed by atoms with E-state index < -0.39 is 11.9 Å². The Labute approximate surface area is 126 Å². The summed E-state index contributed by atoms with van der Waals surface area (Å²) in [5.74, 6) is -0.158. The van der Waals surface area contributed by atoms with Gasteiger partial charge in [0.1, 0.15) is 18.4 Å². The molecule has 1 atom stereocenters. The first-order chi connectivity index (χ1) is 10.6. The quantitative estimate of drug-likeness (QED) is 0.726. The second kappa shape index (κ2) is 4.72. The molecule has 3 heterocycles. The normalized spacial score (nSPS) is 23.4. The first kappa shape index (κ1) is 13.1. The van der Waals surface area contributed by atoms with E-state index in [-0.39, 0.29) is 18.2 Å². The number of anilines is 1. The molecule has 3 amide bonds. The van der Waals surface area contributed by atoms with Gasteiger partial charge in [-0.1, -0.05) is 0 Å². The first-order valence-electron chi connectivity index (χ1n) is 7.32. The number of carbonyl (C=O) groups is 3. The van der Waals surface area contributed by atoms with Crippen LogP contribution in [0.2, 0.25) is 0 Å². The third-order valence-corrected chi connectivity index (χ3v) is 4.33. The fourth-order valence-corrected chi connectivity index (χ4v) is 3.26. The summed E-state index contributed by atoms with van der Waals surface area (Å²) in [6, 6.07) is 3.01. The summed E-state index contributed by atoms with van der Waals surface area (Å²) in [4.78, 5) is 37.4. The Morgan fingerprint density at radius 2 is 2.09 bits per heavy atom. The van der Waals surface area contributed by atoms with Gasteiger partial charge in [-0.05, 0) is 18.6 Å². The van der Waals surface area contributed by atoms with Gasteiger partial charge in [-0.15, -0.1) is 0 Å². The molecule has 4 rings (SSSR count). The average Bonchev–Trinajstić information content (AvgIpc) is 2.85. The Morgan fingerprint density at radius 3 is 2.91 bits per heavy atom.